The molecule has 0 aromatic heterocycles. The summed E-state index contributed by atoms with van der Waals surface area (Å²) in [6.07, 6.45) is 0.818. The Morgan fingerprint density at radius 1 is 1.43 bits per heavy atom. The van der Waals surface area contributed by atoms with Crippen LogP contribution in [0.1, 0.15) is 25.6 Å². The van der Waals surface area contributed by atoms with E-state index >= 15 is 0 Å². The lowest BCUT2D eigenvalue weighted by molar-refractivity contribution is -0.131. The van der Waals surface area contributed by atoms with Crippen LogP contribution in [0.15, 0.2) is 24.3 Å². The zero-order valence-electron chi connectivity index (χ0n) is 12.2. The van der Waals surface area contributed by atoms with E-state index in [9.17, 15) is 13.2 Å². The third-order valence-corrected chi connectivity index (χ3v) is 4.82. The van der Waals surface area contributed by atoms with E-state index in [1.54, 1.807) is 30.9 Å². The molecule has 0 spiro atoms. The maximum absolute atomic E-state index is 12.3. The van der Waals surface area contributed by atoms with E-state index in [0.29, 0.717) is 5.02 Å². The van der Waals surface area contributed by atoms with E-state index in [1.165, 1.54) is 6.26 Å². The van der Waals surface area contributed by atoms with Gasteiger partial charge in [0.15, 0.2) is 0 Å². The summed E-state index contributed by atoms with van der Waals surface area (Å²) in [5.41, 5.74) is 0.848. The number of benzene rings is 1. The number of rotatable bonds is 4. The van der Waals surface area contributed by atoms with Crippen molar-refractivity contribution in [1.29, 1.82) is 0 Å². The number of carbonyl (C=O) groups excluding carboxylic acids is 1. The maximum atomic E-state index is 12.3. The molecule has 1 fully saturated rings. The monoisotopic (exact) mass is 330 g/mol. The topological polar surface area (TPSA) is 66.5 Å². The smallest absolute Gasteiger partial charge is 0.241 e. The van der Waals surface area contributed by atoms with E-state index in [-0.39, 0.29) is 23.9 Å². The van der Waals surface area contributed by atoms with Crippen LogP contribution in [0.3, 0.4) is 0 Å². The van der Waals surface area contributed by atoms with Gasteiger partial charge in [0.25, 0.3) is 0 Å². The third-order valence-electron chi connectivity index (χ3n) is 3.49. The zero-order chi connectivity index (χ0) is 15.8. The standard InChI is InChI=1S/C14H19ClN2O3S/c1-9(8-21(3,19)20)17-13(16-10(2)14(17)18)11-5-4-6-12(15)7-11/h4-7,9-10,13,16H,8H2,1-3H3. The molecule has 0 saturated carbocycles. The van der Waals surface area contributed by atoms with Gasteiger partial charge < -0.3 is 4.90 Å². The first kappa shape index (κ1) is 16.3. The third kappa shape index (κ3) is 3.75. The van der Waals surface area contributed by atoms with Gasteiger partial charge >= 0.3 is 0 Å². The summed E-state index contributed by atoms with van der Waals surface area (Å²) in [4.78, 5) is 13.9. The van der Waals surface area contributed by atoms with Gasteiger partial charge in [0.2, 0.25) is 5.91 Å². The van der Waals surface area contributed by atoms with Crippen LogP contribution in [0.2, 0.25) is 5.02 Å². The summed E-state index contributed by atoms with van der Waals surface area (Å²) in [5, 5.41) is 3.77. The van der Waals surface area contributed by atoms with Crippen molar-refractivity contribution in [2.75, 3.05) is 12.0 Å². The van der Waals surface area contributed by atoms with Crippen LogP contribution in [0.25, 0.3) is 0 Å². The Morgan fingerprint density at radius 3 is 2.67 bits per heavy atom. The van der Waals surface area contributed by atoms with Crippen LogP contribution in [0, 0.1) is 0 Å². The number of carbonyl (C=O) groups is 1. The predicted octanol–water partition coefficient (Wildman–Crippen LogP) is 1.59. The molecule has 1 aromatic rings. The van der Waals surface area contributed by atoms with Gasteiger partial charge in [-0.2, -0.15) is 0 Å². The predicted molar refractivity (Wildman–Crippen MR) is 82.8 cm³/mol. The van der Waals surface area contributed by atoms with E-state index < -0.39 is 15.9 Å². The Balaban J connectivity index is 2.33. The summed E-state index contributed by atoms with van der Waals surface area (Å²) in [6, 6.07) is 6.46. The number of hydrogen-bond donors (Lipinski definition) is 1. The highest BCUT2D eigenvalue weighted by Crippen LogP contribution is 2.29. The van der Waals surface area contributed by atoms with Gasteiger partial charge in [-0.3, -0.25) is 10.1 Å². The van der Waals surface area contributed by atoms with Crippen molar-refractivity contribution in [3.05, 3.63) is 34.9 Å². The van der Waals surface area contributed by atoms with Crippen LogP contribution in [0.4, 0.5) is 0 Å². The van der Waals surface area contributed by atoms with Crippen molar-refractivity contribution in [2.24, 2.45) is 0 Å². The minimum absolute atomic E-state index is 0.0653. The Hall–Kier alpha value is -1.11. The number of nitrogens with one attached hydrogen (secondary N) is 1. The average Bonchev–Trinajstić information content (AvgIpc) is 2.64. The molecule has 7 heteroatoms. The number of sulfone groups is 1. The highest BCUT2D eigenvalue weighted by molar-refractivity contribution is 7.90. The Morgan fingerprint density at radius 2 is 2.10 bits per heavy atom. The molecule has 21 heavy (non-hydrogen) atoms. The van der Waals surface area contributed by atoms with Crippen molar-refractivity contribution < 1.29 is 13.2 Å². The highest BCUT2D eigenvalue weighted by Gasteiger charge is 2.40. The first-order chi connectivity index (χ1) is 9.69. The second-order valence-electron chi connectivity index (χ2n) is 5.53. The summed E-state index contributed by atoms with van der Waals surface area (Å²) in [5.74, 6) is -0.166. The van der Waals surface area contributed by atoms with Gasteiger partial charge in [0.05, 0.1) is 11.8 Å². The summed E-state index contributed by atoms with van der Waals surface area (Å²) in [7, 11) is -3.16. The van der Waals surface area contributed by atoms with E-state index in [0.717, 1.165) is 5.56 Å². The van der Waals surface area contributed by atoms with Gasteiger partial charge in [0, 0.05) is 17.3 Å². The molecule has 1 aliphatic rings. The van der Waals surface area contributed by atoms with Crippen LogP contribution in [-0.4, -0.2) is 43.3 Å². The second-order valence-corrected chi connectivity index (χ2v) is 8.15. The fourth-order valence-electron chi connectivity index (χ4n) is 2.66. The molecule has 1 aliphatic heterocycles. The first-order valence-corrected chi connectivity index (χ1v) is 9.14. The molecule has 116 valence electrons. The van der Waals surface area contributed by atoms with E-state index in [4.69, 9.17) is 11.6 Å². The van der Waals surface area contributed by atoms with Crippen molar-refractivity contribution in [2.45, 2.75) is 32.1 Å². The molecule has 1 saturated heterocycles. The first-order valence-electron chi connectivity index (χ1n) is 6.70. The fraction of sp³-hybridized carbons (Fsp3) is 0.500. The highest BCUT2D eigenvalue weighted by atomic mass is 35.5. The SMILES string of the molecule is CC1NC(c2cccc(Cl)c2)N(C(C)CS(C)(=O)=O)C1=O. The van der Waals surface area contributed by atoms with E-state index in [2.05, 4.69) is 5.32 Å². The zero-order valence-corrected chi connectivity index (χ0v) is 13.8. The Bertz CT molecular complexity index is 647. The Kier molecular flexibility index (Phi) is 4.60. The second kappa shape index (κ2) is 5.94. The van der Waals surface area contributed by atoms with Crippen molar-refractivity contribution in [1.82, 2.24) is 10.2 Å². The van der Waals surface area contributed by atoms with Crippen LogP contribution < -0.4 is 5.32 Å². The number of amides is 1. The van der Waals surface area contributed by atoms with Gasteiger partial charge in [-0.15, -0.1) is 0 Å². The van der Waals surface area contributed by atoms with Gasteiger partial charge in [-0.25, -0.2) is 8.42 Å². The minimum Gasteiger partial charge on any atom is -0.318 e. The molecule has 1 amide bonds. The molecular formula is C14H19ClN2O3S. The summed E-state index contributed by atoms with van der Waals surface area (Å²) < 4.78 is 23.0. The lowest BCUT2D eigenvalue weighted by atomic mass is 10.1. The molecule has 1 aromatic carbocycles. The number of hydrogen-bond acceptors (Lipinski definition) is 4. The minimum atomic E-state index is -3.16. The van der Waals surface area contributed by atoms with Gasteiger partial charge in [-0.05, 0) is 31.5 Å². The average molecular weight is 331 g/mol. The quantitative estimate of drug-likeness (QED) is 0.910. The molecule has 1 N–H and O–H groups in total. The fourth-order valence-corrected chi connectivity index (χ4v) is 3.90. The van der Waals surface area contributed by atoms with Crippen molar-refractivity contribution in [3.63, 3.8) is 0 Å². The molecule has 2 rings (SSSR count). The van der Waals surface area contributed by atoms with E-state index in [1.807, 2.05) is 12.1 Å². The molecular weight excluding hydrogens is 312 g/mol. The number of halogens is 1. The lowest BCUT2D eigenvalue weighted by Gasteiger charge is -2.30. The largest absolute Gasteiger partial charge is 0.318 e. The molecule has 0 radical (unpaired) electrons. The molecule has 5 nitrogen and oxygen atoms in total. The lowest BCUT2D eigenvalue weighted by Crippen LogP contribution is -2.42. The van der Waals surface area contributed by atoms with Crippen LogP contribution in [-0.2, 0) is 14.6 Å². The van der Waals surface area contributed by atoms with Crippen LogP contribution >= 0.6 is 11.6 Å². The summed E-state index contributed by atoms with van der Waals surface area (Å²) in [6.45, 7) is 3.52. The van der Waals surface area contributed by atoms with Crippen molar-refractivity contribution >= 4 is 27.3 Å². The molecule has 0 aliphatic carbocycles. The normalized spacial score (nSPS) is 24.4. The number of nitrogens with zero attached hydrogens (tertiary/aromatic N) is 1. The van der Waals surface area contributed by atoms with Gasteiger partial charge in [0.1, 0.15) is 16.0 Å². The molecule has 1 heterocycles. The molecule has 0 bridgehead atoms. The summed E-state index contributed by atoms with van der Waals surface area (Å²) >= 11 is 6.00. The van der Waals surface area contributed by atoms with Crippen molar-refractivity contribution in [3.8, 4) is 0 Å². The maximum Gasteiger partial charge on any atom is 0.241 e. The molecule has 3 unspecified atom stereocenters. The Labute approximate surface area is 130 Å². The molecule has 3 atom stereocenters. The van der Waals surface area contributed by atoms with Gasteiger partial charge in [-0.1, -0.05) is 23.7 Å². The van der Waals surface area contributed by atoms with Crippen LogP contribution in [0.5, 0.6) is 0 Å².